The molecule has 5 nitrogen and oxygen atoms in total. The maximum atomic E-state index is 11.1. The van der Waals surface area contributed by atoms with Crippen LogP contribution in [0.5, 0.6) is 0 Å². The summed E-state index contributed by atoms with van der Waals surface area (Å²) in [6.45, 7) is 0.588. The van der Waals surface area contributed by atoms with Crippen LogP contribution < -0.4 is 10.6 Å². The molecular formula is C14H15N3O2. The number of nitro benzene ring substituents is 1. The normalized spacial score (nSPS) is 10.2. The van der Waals surface area contributed by atoms with Crippen molar-refractivity contribution >= 4 is 17.1 Å². The Morgan fingerprint density at radius 3 is 2.47 bits per heavy atom. The molecule has 0 amide bonds. The fraction of sp³-hybridized carbons (Fsp3) is 0.143. The van der Waals surface area contributed by atoms with E-state index in [0.29, 0.717) is 12.2 Å². The van der Waals surface area contributed by atoms with Gasteiger partial charge in [-0.2, -0.15) is 0 Å². The number of anilines is 2. The zero-order valence-electron chi connectivity index (χ0n) is 10.6. The van der Waals surface area contributed by atoms with E-state index in [2.05, 4.69) is 0 Å². The minimum Gasteiger partial charge on any atom is -0.393 e. The van der Waals surface area contributed by atoms with Gasteiger partial charge >= 0.3 is 5.69 Å². The summed E-state index contributed by atoms with van der Waals surface area (Å²) in [6, 6.07) is 14.7. The summed E-state index contributed by atoms with van der Waals surface area (Å²) in [5, 5.41) is 11.1. The monoisotopic (exact) mass is 257 g/mol. The van der Waals surface area contributed by atoms with Gasteiger partial charge in [-0.25, -0.2) is 0 Å². The van der Waals surface area contributed by atoms with E-state index in [9.17, 15) is 10.1 Å². The highest BCUT2D eigenvalue weighted by Crippen LogP contribution is 2.33. The zero-order chi connectivity index (χ0) is 13.8. The first-order valence-electron chi connectivity index (χ1n) is 5.87. The molecule has 0 saturated heterocycles. The van der Waals surface area contributed by atoms with Crippen molar-refractivity contribution in [3.63, 3.8) is 0 Å². The summed E-state index contributed by atoms with van der Waals surface area (Å²) in [6.07, 6.45) is 0. The summed E-state index contributed by atoms with van der Waals surface area (Å²) in [5.41, 5.74) is 7.43. The third-order valence-corrected chi connectivity index (χ3v) is 2.90. The molecular weight excluding hydrogens is 242 g/mol. The Balaban J connectivity index is 2.31. The van der Waals surface area contributed by atoms with E-state index in [-0.39, 0.29) is 11.4 Å². The zero-order valence-corrected chi connectivity index (χ0v) is 10.6. The molecule has 5 heteroatoms. The first-order valence-corrected chi connectivity index (χ1v) is 5.87. The summed E-state index contributed by atoms with van der Waals surface area (Å²) < 4.78 is 0. The Bertz CT molecular complexity index is 584. The Morgan fingerprint density at radius 1 is 1.16 bits per heavy atom. The second kappa shape index (κ2) is 5.39. The Labute approximate surface area is 111 Å². The van der Waals surface area contributed by atoms with Crippen LogP contribution in [0.4, 0.5) is 17.1 Å². The molecule has 0 aromatic heterocycles. The first kappa shape index (κ1) is 12.9. The maximum Gasteiger partial charge on any atom is 0.315 e. The minimum absolute atomic E-state index is 0.0408. The van der Waals surface area contributed by atoms with Gasteiger partial charge in [-0.05, 0) is 17.7 Å². The summed E-state index contributed by atoms with van der Waals surface area (Å²) in [4.78, 5) is 12.5. The van der Waals surface area contributed by atoms with Crippen LogP contribution in [0.15, 0.2) is 48.5 Å². The topological polar surface area (TPSA) is 72.4 Å². The molecule has 0 unspecified atom stereocenters. The highest BCUT2D eigenvalue weighted by atomic mass is 16.6. The molecule has 19 heavy (non-hydrogen) atoms. The third-order valence-electron chi connectivity index (χ3n) is 2.90. The Hall–Kier alpha value is -2.56. The SMILES string of the molecule is CN(Cc1ccccc1)c1cccc(N)c1[N+](=O)[O-]. The first-order chi connectivity index (χ1) is 9.09. The lowest BCUT2D eigenvalue weighted by Crippen LogP contribution is -2.18. The van der Waals surface area contributed by atoms with Crippen molar-refractivity contribution in [2.24, 2.45) is 0 Å². The molecule has 0 aliphatic rings. The van der Waals surface area contributed by atoms with Crippen LogP contribution in [0.3, 0.4) is 0 Å². The molecule has 0 aliphatic heterocycles. The molecule has 2 aromatic rings. The second-order valence-corrected chi connectivity index (χ2v) is 4.31. The lowest BCUT2D eigenvalue weighted by molar-refractivity contribution is -0.383. The molecule has 98 valence electrons. The van der Waals surface area contributed by atoms with E-state index in [1.807, 2.05) is 42.3 Å². The van der Waals surface area contributed by atoms with E-state index in [4.69, 9.17) is 5.73 Å². The smallest absolute Gasteiger partial charge is 0.315 e. The number of hydrogen-bond donors (Lipinski definition) is 1. The highest BCUT2D eigenvalue weighted by Gasteiger charge is 2.20. The van der Waals surface area contributed by atoms with Gasteiger partial charge in [-0.3, -0.25) is 10.1 Å². The molecule has 0 atom stereocenters. The number of para-hydroxylation sites is 1. The molecule has 0 heterocycles. The fourth-order valence-corrected chi connectivity index (χ4v) is 2.00. The van der Waals surface area contributed by atoms with E-state index in [1.54, 1.807) is 12.1 Å². The van der Waals surface area contributed by atoms with Crippen LogP contribution in [-0.4, -0.2) is 12.0 Å². The molecule has 0 saturated carbocycles. The van der Waals surface area contributed by atoms with Gasteiger partial charge in [-0.1, -0.05) is 36.4 Å². The van der Waals surface area contributed by atoms with Crippen LogP contribution in [0.2, 0.25) is 0 Å². The van der Waals surface area contributed by atoms with Crippen LogP contribution in [0.25, 0.3) is 0 Å². The molecule has 0 radical (unpaired) electrons. The van der Waals surface area contributed by atoms with Gasteiger partial charge in [0, 0.05) is 13.6 Å². The van der Waals surface area contributed by atoms with Crippen LogP contribution in [0.1, 0.15) is 5.56 Å². The van der Waals surface area contributed by atoms with E-state index >= 15 is 0 Å². The average molecular weight is 257 g/mol. The van der Waals surface area contributed by atoms with Gasteiger partial charge < -0.3 is 10.6 Å². The number of nitrogens with two attached hydrogens (primary N) is 1. The van der Waals surface area contributed by atoms with Crippen LogP contribution >= 0.6 is 0 Å². The van der Waals surface area contributed by atoms with Crippen molar-refractivity contribution in [3.05, 3.63) is 64.2 Å². The Kier molecular flexibility index (Phi) is 3.66. The van der Waals surface area contributed by atoms with Crippen LogP contribution in [-0.2, 0) is 6.54 Å². The van der Waals surface area contributed by atoms with Gasteiger partial charge in [0.15, 0.2) is 0 Å². The van der Waals surface area contributed by atoms with E-state index < -0.39 is 4.92 Å². The van der Waals surface area contributed by atoms with Crippen molar-refractivity contribution in [1.29, 1.82) is 0 Å². The second-order valence-electron chi connectivity index (χ2n) is 4.31. The largest absolute Gasteiger partial charge is 0.393 e. The number of nitro groups is 1. The summed E-state index contributed by atoms with van der Waals surface area (Å²) in [5.74, 6) is 0. The number of hydrogen-bond acceptors (Lipinski definition) is 4. The quantitative estimate of drug-likeness (QED) is 0.519. The molecule has 0 spiro atoms. The van der Waals surface area contributed by atoms with E-state index in [0.717, 1.165) is 5.56 Å². The molecule has 2 N–H and O–H groups in total. The van der Waals surface area contributed by atoms with Crippen LogP contribution in [0, 0.1) is 10.1 Å². The minimum atomic E-state index is -0.438. The third kappa shape index (κ3) is 2.82. The summed E-state index contributed by atoms with van der Waals surface area (Å²) in [7, 11) is 1.81. The number of benzene rings is 2. The molecule has 0 bridgehead atoms. The average Bonchev–Trinajstić information content (AvgIpc) is 2.39. The van der Waals surface area contributed by atoms with E-state index in [1.165, 1.54) is 6.07 Å². The number of nitrogen functional groups attached to an aromatic ring is 1. The maximum absolute atomic E-state index is 11.1. The van der Waals surface area contributed by atoms with Gasteiger partial charge in [0.1, 0.15) is 11.4 Å². The van der Waals surface area contributed by atoms with Crippen molar-refractivity contribution in [2.75, 3.05) is 17.7 Å². The van der Waals surface area contributed by atoms with Crippen molar-refractivity contribution in [2.45, 2.75) is 6.54 Å². The molecule has 2 rings (SSSR count). The Morgan fingerprint density at radius 2 is 1.84 bits per heavy atom. The van der Waals surface area contributed by atoms with Crippen molar-refractivity contribution in [1.82, 2.24) is 0 Å². The highest BCUT2D eigenvalue weighted by molar-refractivity contribution is 5.75. The fourth-order valence-electron chi connectivity index (χ4n) is 2.00. The van der Waals surface area contributed by atoms with Gasteiger partial charge in [0.2, 0.25) is 0 Å². The lowest BCUT2D eigenvalue weighted by Gasteiger charge is -2.19. The predicted octanol–water partition coefficient (Wildman–Crippen LogP) is 2.81. The van der Waals surface area contributed by atoms with Crippen molar-refractivity contribution in [3.8, 4) is 0 Å². The number of rotatable bonds is 4. The van der Waals surface area contributed by atoms with Gasteiger partial charge in [0.05, 0.1) is 4.92 Å². The summed E-state index contributed by atoms with van der Waals surface area (Å²) >= 11 is 0. The predicted molar refractivity (Wildman–Crippen MR) is 76.1 cm³/mol. The number of nitrogens with zero attached hydrogens (tertiary/aromatic N) is 2. The standard InChI is InChI=1S/C14H15N3O2/c1-16(10-11-6-3-2-4-7-11)13-9-5-8-12(15)14(13)17(18)19/h2-9H,10,15H2,1H3. The van der Waals surface area contributed by atoms with Gasteiger partial charge in [0.25, 0.3) is 0 Å². The molecule has 0 aliphatic carbocycles. The van der Waals surface area contributed by atoms with Gasteiger partial charge in [-0.15, -0.1) is 0 Å². The van der Waals surface area contributed by atoms with Crippen molar-refractivity contribution < 1.29 is 4.92 Å². The molecule has 2 aromatic carbocycles. The molecule has 0 fully saturated rings. The lowest BCUT2D eigenvalue weighted by atomic mass is 10.2.